The highest BCUT2D eigenvalue weighted by Crippen LogP contribution is 2.10. The van der Waals surface area contributed by atoms with Crippen LogP contribution in [0.3, 0.4) is 0 Å². The summed E-state index contributed by atoms with van der Waals surface area (Å²) in [6.07, 6.45) is 3.19. The average molecular weight is 338 g/mol. The Morgan fingerprint density at radius 2 is 1.72 bits per heavy atom. The fraction of sp³-hybridized carbons (Fsp3) is 0.200. The first kappa shape index (κ1) is 18.4. The van der Waals surface area contributed by atoms with Gasteiger partial charge in [0, 0.05) is 32.3 Å². The molecule has 130 valence electrons. The van der Waals surface area contributed by atoms with Gasteiger partial charge in [0.25, 0.3) is 5.91 Å². The Morgan fingerprint density at radius 3 is 2.36 bits per heavy atom. The molecular weight excluding hydrogens is 316 g/mol. The third-order valence-corrected chi connectivity index (χ3v) is 3.70. The van der Waals surface area contributed by atoms with Crippen LogP contribution in [0.15, 0.2) is 54.6 Å². The molecule has 2 rings (SSSR count). The van der Waals surface area contributed by atoms with Crippen molar-refractivity contribution >= 4 is 17.9 Å². The first-order valence-electron chi connectivity index (χ1n) is 7.98. The monoisotopic (exact) mass is 338 g/mol. The lowest BCUT2D eigenvalue weighted by atomic mass is 10.1. The van der Waals surface area contributed by atoms with E-state index in [4.69, 9.17) is 4.74 Å². The summed E-state index contributed by atoms with van der Waals surface area (Å²) in [5.74, 6) is -0.314. The first-order chi connectivity index (χ1) is 12.1. The Morgan fingerprint density at radius 1 is 1.04 bits per heavy atom. The summed E-state index contributed by atoms with van der Waals surface area (Å²) < 4.78 is 5.16. The van der Waals surface area contributed by atoms with E-state index in [9.17, 15) is 9.59 Å². The topological polar surface area (TPSA) is 67.4 Å². The smallest absolute Gasteiger partial charge is 0.251 e. The second kappa shape index (κ2) is 9.39. The minimum atomic E-state index is -0.178. The van der Waals surface area contributed by atoms with Gasteiger partial charge in [-0.1, -0.05) is 36.4 Å². The predicted octanol–water partition coefficient (Wildman–Crippen LogP) is 2.52. The largest absolute Gasteiger partial charge is 0.380 e. The normalized spacial score (nSPS) is 10.6. The lowest BCUT2D eigenvalue weighted by Crippen LogP contribution is -2.21. The summed E-state index contributed by atoms with van der Waals surface area (Å²) in [6.45, 7) is 0.956. The molecule has 5 heteroatoms. The number of hydrogen-bond donors (Lipinski definition) is 2. The highest BCUT2D eigenvalue weighted by Gasteiger charge is 2.03. The lowest BCUT2D eigenvalue weighted by molar-refractivity contribution is -0.116. The van der Waals surface area contributed by atoms with Crippen LogP contribution in [0.2, 0.25) is 0 Å². The molecule has 5 nitrogen and oxygen atoms in total. The second-order valence-electron chi connectivity index (χ2n) is 5.45. The molecule has 0 fully saturated rings. The molecular formula is C20H22N2O3. The Balaban J connectivity index is 1.92. The molecule has 0 aliphatic carbocycles. The molecule has 0 radical (unpaired) electrons. The Bertz CT molecular complexity index is 752. The van der Waals surface area contributed by atoms with Crippen molar-refractivity contribution < 1.29 is 14.3 Å². The van der Waals surface area contributed by atoms with Gasteiger partial charge >= 0.3 is 0 Å². The molecule has 0 atom stereocenters. The number of rotatable bonds is 7. The van der Waals surface area contributed by atoms with E-state index in [0.29, 0.717) is 18.7 Å². The average Bonchev–Trinajstić information content (AvgIpc) is 2.65. The number of methoxy groups -OCH3 is 1. The van der Waals surface area contributed by atoms with Gasteiger partial charge in [0.1, 0.15) is 0 Å². The zero-order valence-corrected chi connectivity index (χ0v) is 14.4. The number of hydrogen-bond acceptors (Lipinski definition) is 3. The zero-order chi connectivity index (χ0) is 18.1. The zero-order valence-electron chi connectivity index (χ0n) is 14.4. The van der Waals surface area contributed by atoms with E-state index in [1.165, 1.54) is 6.08 Å². The summed E-state index contributed by atoms with van der Waals surface area (Å²) in [7, 11) is 3.23. The molecule has 0 saturated carbocycles. The van der Waals surface area contributed by atoms with E-state index in [0.717, 1.165) is 16.7 Å². The molecule has 0 aliphatic heterocycles. The van der Waals surface area contributed by atoms with Crippen LogP contribution in [0.4, 0.5) is 0 Å². The van der Waals surface area contributed by atoms with E-state index >= 15 is 0 Å². The number of carbonyl (C=O) groups is 2. The maximum Gasteiger partial charge on any atom is 0.251 e. The van der Waals surface area contributed by atoms with Crippen LogP contribution in [0.5, 0.6) is 0 Å². The van der Waals surface area contributed by atoms with E-state index in [1.54, 1.807) is 44.5 Å². The van der Waals surface area contributed by atoms with Crippen LogP contribution < -0.4 is 10.6 Å². The summed E-state index contributed by atoms with van der Waals surface area (Å²) in [4.78, 5) is 23.5. The molecule has 0 saturated heterocycles. The molecule has 0 unspecified atom stereocenters. The van der Waals surface area contributed by atoms with Gasteiger partial charge in [-0.25, -0.2) is 0 Å². The van der Waals surface area contributed by atoms with Crippen molar-refractivity contribution in [3.8, 4) is 0 Å². The third-order valence-electron chi connectivity index (χ3n) is 3.70. The lowest BCUT2D eigenvalue weighted by Gasteiger charge is -2.09. The van der Waals surface area contributed by atoms with Gasteiger partial charge in [0.05, 0.1) is 6.61 Å². The summed E-state index contributed by atoms with van der Waals surface area (Å²) >= 11 is 0. The maximum atomic E-state index is 12.0. The van der Waals surface area contributed by atoms with Crippen LogP contribution in [0.1, 0.15) is 27.0 Å². The fourth-order valence-electron chi connectivity index (χ4n) is 2.33. The molecule has 0 bridgehead atoms. The Kier molecular flexibility index (Phi) is 6.92. The van der Waals surface area contributed by atoms with Crippen LogP contribution in [0.25, 0.3) is 6.08 Å². The van der Waals surface area contributed by atoms with Crippen LogP contribution in [-0.2, 0) is 22.7 Å². The van der Waals surface area contributed by atoms with E-state index < -0.39 is 0 Å². The summed E-state index contributed by atoms with van der Waals surface area (Å²) in [5.41, 5.74) is 3.52. The third kappa shape index (κ3) is 5.58. The first-order valence-corrected chi connectivity index (χ1v) is 7.98. The molecule has 2 aromatic carbocycles. The van der Waals surface area contributed by atoms with Gasteiger partial charge in [0.15, 0.2) is 0 Å². The van der Waals surface area contributed by atoms with Crippen molar-refractivity contribution in [1.29, 1.82) is 0 Å². The Hall–Kier alpha value is -2.92. The van der Waals surface area contributed by atoms with Gasteiger partial charge < -0.3 is 15.4 Å². The van der Waals surface area contributed by atoms with Crippen molar-refractivity contribution in [1.82, 2.24) is 10.6 Å². The van der Waals surface area contributed by atoms with Gasteiger partial charge in [-0.05, 0) is 34.9 Å². The number of ether oxygens (including phenoxy) is 1. The molecule has 25 heavy (non-hydrogen) atoms. The van der Waals surface area contributed by atoms with Crippen molar-refractivity contribution in [3.05, 3.63) is 76.9 Å². The highest BCUT2D eigenvalue weighted by molar-refractivity contribution is 5.94. The van der Waals surface area contributed by atoms with Crippen LogP contribution >= 0.6 is 0 Å². The number of amides is 2. The van der Waals surface area contributed by atoms with Crippen LogP contribution in [0, 0.1) is 0 Å². The second-order valence-corrected chi connectivity index (χ2v) is 5.45. The predicted molar refractivity (Wildman–Crippen MR) is 97.9 cm³/mol. The summed E-state index contributed by atoms with van der Waals surface area (Å²) in [5, 5.41) is 5.43. The number of nitrogens with one attached hydrogen (secondary N) is 2. The molecule has 2 aromatic rings. The van der Waals surface area contributed by atoms with Crippen molar-refractivity contribution in [2.24, 2.45) is 0 Å². The van der Waals surface area contributed by atoms with Gasteiger partial charge in [0.2, 0.25) is 5.91 Å². The minimum Gasteiger partial charge on any atom is -0.380 e. The quantitative estimate of drug-likeness (QED) is 0.762. The van der Waals surface area contributed by atoms with E-state index in [2.05, 4.69) is 10.6 Å². The molecule has 0 heterocycles. The van der Waals surface area contributed by atoms with E-state index in [1.807, 2.05) is 24.3 Å². The van der Waals surface area contributed by atoms with Crippen molar-refractivity contribution in [2.45, 2.75) is 13.2 Å². The minimum absolute atomic E-state index is 0.136. The summed E-state index contributed by atoms with van der Waals surface area (Å²) in [6, 6.07) is 14.9. The van der Waals surface area contributed by atoms with Gasteiger partial charge in [-0.15, -0.1) is 0 Å². The Labute approximate surface area is 147 Å². The molecule has 0 aromatic heterocycles. The van der Waals surface area contributed by atoms with Gasteiger partial charge in [-0.2, -0.15) is 0 Å². The van der Waals surface area contributed by atoms with Crippen LogP contribution in [-0.4, -0.2) is 26.0 Å². The molecule has 0 spiro atoms. The molecule has 2 amide bonds. The number of carbonyl (C=O) groups excluding carboxylic acids is 2. The molecule has 2 N–H and O–H groups in total. The maximum absolute atomic E-state index is 12.0. The SMILES string of the molecule is CNC(=O)c1ccc(/C=C/C(=O)NCc2ccccc2COC)cc1. The van der Waals surface area contributed by atoms with Gasteiger partial charge in [-0.3, -0.25) is 9.59 Å². The van der Waals surface area contributed by atoms with Crippen molar-refractivity contribution in [3.63, 3.8) is 0 Å². The fourth-order valence-corrected chi connectivity index (χ4v) is 2.33. The molecule has 0 aliphatic rings. The standard InChI is InChI=1S/C20H22N2O3/c1-21-20(24)16-10-7-15(8-11-16)9-12-19(23)22-13-17-5-3-4-6-18(17)14-25-2/h3-12H,13-14H2,1-2H3,(H,21,24)(H,22,23)/b12-9+. The highest BCUT2D eigenvalue weighted by atomic mass is 16.5. The van der Waals surface area contributed by atoms with E-state index in [-0.39, 0.29) is 11.8 Å². The number of benzene rings is 2. The van der Waals surface area contributed by atoms with Crippen molar-refractivity contribution in [2.75, 3.05) is 14.2 Å².